The van der Waals surface area contributed by atoms with Crippen LogP contribution in [0.4, 0.5) is 4.79 Å². The molecule has 2 aromatic carbocycles. The Morgan fingerprint density at radius 1 is 1.07 bits per heavy atom. The van der Waals surface area contributed by atoms with Crippen LogP contribution >= 0.6 is 0 Å². The van der Waals surface area contributed by atoms with Gasteiger partial charge < -0.3 is 9.47 Å². The maximum absolute atomic E-state index is 13.3. The third kappa shape index (κ3) is 4.98. The highest BCUT2D eigenvalue weighted by Crippen LogP contribution is 2.24. The summed E-state index contributed by atoms with van der Waals surface area (Å²) in [6, 6.07) is 19.4. The highest BCUT2D eigenvalue weighted by atomic mass is 16.6. The second kappa shape index (κ2) is 9.51. The van der Waals surface area contributed by atoms with Gasteiger partial charge in [0.25, 0.3) is 0 Å². The number of hydrogen-bond acceptors (Lipinski definition) is 4. The van der Waals surface area contributed by atoms with Crippen molar-refractivity contribution in [3.8, 4) is 0 Å². The molecule has 0 bridgehead atoms. The van der Waals surface area contributed by atoms with Gasteiger partial charge in [-0.25, -0.2) is 9.69 Å². The number of amides is 2. The van der Waals surface area contributed by atoms with Crippen molar-refractivity contribution in [3.63, 3.8) is 0 Å². The van der Waals surface area contributed by atoms with E-state index in [0.717, 1.165) is 11.1 Å². The summed E-state index contributed by atoms with van der Waals surface area (Å²) in [7, 11) is 0. The van der Waals surface area contributed by atoms with Crippen molar-refractivity contribution in [2.75, 3.05) is 13.2 Å². The Balaban J connectivity index is 1.72. The van der Waals surface area contributed by atoms with Crippen LogP contribution in [0.5, 0.6) is 0 Å². The molecule has 1 heterocycles. The summed E-state index contributed by atoms with van der Waals surface area (Å²) >= 11 is 0. The maximum Gasteiger partial charge on any atom is 0.416 e. The molecule has 3 rings (SSSR count). The van der Waals surface area contributed by atoms with Crippen LogP contribution in [-0.4, -0.2) is 36.2 Å². The van der Waals surface area contributed by atoms with Crippen LogP contribution < -0.4 is 0 Å². The molecule has 0 aliphatic carbocycles. The Kier molecular flexibility index (Phi) is 6.82. The lowest BCUT2D eigenvalue weighted by atomic mass is 9.96. The van der Waals surface area contributed by atoms with Gasteiger partial charge in [-0.05, 0) is 23.5 Å². The number of ether oxygens (including phenoxy) is 2. The number of hydrogen-bond donors (Lipinski definition) is 0. The van der Waals surface area contributed by atoms with Gasteiger partial charge in [0.2, 0.25) is 5.91 Å². The van der Waals surface area contributed by atoms with E-state index < -0.39 is 12.0 Å². The molecular weight excluding hydrogens is 354 g/mol. The molecule has 1 aliphatic rings. The van der Waals surface area contributed by atoms with Crippen molar-refractivity contribution in [3.05, 3.63) is 71.8 Å². The summed E-state index contributed by atoms with van der Waals surface area (Å²) < 4.78 is 11.0. The molecule has 1 fully saturated rings. The molecule has 2 aromatic rings. The van der Waals surface area contributed by atoms with E-state index in [2.05, 4.69) is 0 Å². The fraction of sp³-hybridized carbons (Fsp3) is 0.391. The minimum Gasteiger partial charge on any atom is -0.447 e. The van der Waals surface area contributed by atoms with E-state index in [0.29, 0.717) is 13.0 Å². The van der Waals surface area contributed by atoms with E-state index in [9.17, 15) is 9.59 Å². The SMILES string of the molecule is CC(C)[C@H]1COC(=O)N1C(=O)[C@H](COCc1ccccc1)Cc1ccccc1. The number of nitrogens with zero attached hydrogens (tertiary/aromatic N) is 1. The molecule has 1 saturated heterocycles. The van der Waals surface area contributed by atoms with E-state index in [1.165, 1.54) is 4.90 Å². The van der Waals surface area contributed by atoms with Crippen LogP contribution in [0.1, 0.15) is 25.0 Å². The number of rotatable bonds is 8. The first kappa shape index (κ1) is 20.1. The average molecular weight is 381 g/mol. The first-order valence-corrected chi connectivity index (χ1v) is 9.71. The largest absolute Gasteiger partial charge is 0.447 e. The number of carbonyl (C=O) groups excluding carboxylic acids is 2. The van der Waals surface area contributed by atoms with Crippen LogP contribution in [0.15, 0.2) is 60.7 Å². The molecule has 0 spiro atoms. The van der Waals surface area contributed by atoms with Crippen LogP contribution in [0, 0.1) is 11.8 Å². The van der Waals surface area contributed by atoms with E-state index in [1.807, 2.05) is 74.5 Å². The molecule has 0 unspecified atom stereocenters. The maximum atomic E-state index is 13.3. The number of benzene rings is 2. The first-order valence-electron chi connectivity index (χ1n) is 9.71. The predicted molar refractivity (Wildman–Crippen MR) is 107 cm³/mol. The molecule has 2 amide bonds. The molecule has 28 heavy (non-hydrogen) atoms. The topological polar surface area (TPSA) is 55.8 Å². The molecular formula is C23H27NO4. The highest BCUT2D eigenvalue weighted by Gasteiger charge is 2.42. The van der Waals surface area contributed by atoms with Crippen molar-refractivity contribution in [1.82, 2.24) is 4.90 Å². The van der Waals surface area contributed by atoms with E-state index in [-0.39, 0.29) is 31.1 Å². The average Bonchev–Trinajstić information content (AvgIpc) is 3.10. The van der Waals surface area contributed by atoms with Crippen molar-refractivity contribution in [2.45, 2.75) is 32.9 Å². The van der Waals surface area contributed by atoms with Gasteiger partial charge in [-0.1, -0.05) is 74.5 Å². The Morgan fingerprint density at radius 2 is 1.68 bits per heavy atom. The van der Waals surface area contributed by atoms with Crippen molar-refractivity contribution >= 4 is 12.0 Å². The fourth-order valence-electron chi connectivity index (χ4n) is 3.39. The molecule has 0 aromatic heterocycles. The van der Waals surface area contributed by atoms with Crippen LogP contribution in [0.25, 0.3) is 0 Å². The predicted octanol–water partition coefficient (Wildman–Crippen LogP) is 4.07. The van der Waals surface area contributed by atoms with E-state index in [1.54, 1.807) is 0 Å². The lowest BCUT2D eigenvalue weighted by Crippen LogP contribution is -2.46. The van der Waals surface area contributed by atoms with E-state index >= 15 is 0 Å². The standard InChI is InChI=1S/C23H27NO4/c1-17(2)21-16-28-23(26)24(21)22(25)20(13-18-9-5-3-6-10-18)15-27-14-19-11-7-4-8-12-19/h3-12,17,20-21H,13-16H2,1-2H3/t20-,21+/m0/s1. The third-order valence-corrected chi connectivity index (χ3v) is 5.02. The monoisotopic (exact) mass is 381 g/mol. The highest BCUT2D eigenvalue weighted by molar-refractivity contribution is 5.95. The van der Waals surface area contributed by atoms with Gasteiger partial charge in [-0.15, -0.1) is 0 Å². The molecule has 0 saturated carbocycles. The molecule has 0 N–H and O–H groups in total. The zero-order chi connectivity index (χ0) is 19.9. The lowest BCUT2D eigenvalue weighted by molar-refractivity contribution is -0.136. The minimum absolute atomic E-state index is 0.137. The van der Waals surface area contributed by atoms with Gasteiger partial charge in [0.1, 0.15) is 6.61 Å². The molecule has 148 valence electrons. The zero-order valence-electron chi connectivity index (χ0n) is 16.4. The summed E-state index contributed by atoms with van der Waals surface area (Å²) in [6.45, 7) is 4.91. The van der Waals surface area contributed by atoms with Gasteiger partial charge in [-0.2, -0.15) is 0 Å². The lowest BCUT2D eigenvalue weighted by Gasteiger charge is -2.27. The minimum atomic E-state index is -0.551. The molecule has 2 atom stereocenters. The van der Waals surface area contributed by atoms with Gasteiger partial charge in [0, 0.05) is 0 Å². The summed E-state index contributed by atoms with van der Waals surface area (Å²) in [6.07, 6.45) is -0.0342. The van der Waals surface area contributed by atoms with Gasteiger partial charge in [-0.3, -0.25) is 4.79 Å². The Hall–Kier alpha value is -2.66. The Bertz CT molecular complexity index is 776. The van der Waals surface area contributed by atoms with Gasteiger partial charge in [0.05, 0.1) is 25.2 Å². The second-order valence-electron chi connectivity index (χ2n) is 7.48. The quantitative estimate of drug-likeness (QED) is 0.692. The summed E-state index contributed by atoms with van der Waals surface area (Å²) in [4.78, 5) is 26.8. The molecule has 5 nitrogen and oxygen atoms in total. The molecule has 0 radical (unpaired) electrons. The Labute approximate surface area is 166 Å². The molecule has 5 heteroatoms. The number of imide groups is 1. The van der Waals surface area contributed by atoms with Crippen LogP contribution in [0.2, 0.25) is 0 Å². The van der Waals surface area contributed by atoms with Gasteiger partial charge >= 0.3 is 6.09 Å². The van der Waals surface area contributed by atoms with E-state index in [4.69, 9.17) is 9.47 Å². The second-order valence-corrected chi connectivity index (χ2v) is 7.48. The summed E-state index contributed by atoms with van der Waals surface area (Å²) in [5.74, 6) is -0.533. The smallest absolute Gasteiger partial charge is 0.416 e. The first-order chi connectivity index (χ1) is 13.6. The van der Waals surface area contributed by atoms with Crippen molar-refractivity contribution < 1.29 is 19.1 Å². The van der Waals surface area contributed by atoms with Crippen molar-refractivity contribution in [2.24, 2.45) is 11.8 Å². The van der Waals surface area contributed by atoms with Crippen LogP contribution in [0.3, 0.4) is 0 Å². The Morgan fingerprint density at radius 3 is 2.29 bits per heavy atom. The van der Waals surface area contributed by atoms with Crippen LogP contribution in [-0.2, 0) is 27.3 Å². The third-order valence-electron chi connectivity index (χ3n) is 5.02. The summed E-state index contributed by atoms with van der Waals surface area (Å²) in [5, 5.41) is 0. The van der Waals surface area contributed by atoms with Crippen molar-refractivity contribution in [1.29, 1.82) is 0 Å². The summed E-state index contributed by atoms with van der Waals surface area (Å²) in [5.41, 5.74) is 2.09. The zero-order valence-corrected chi connectivity index (χ0v) is 16.4. The number of carbonyl (C=O) groups is 2. The number of cyclic esters (lactones) is 1. The molecule has 1 aliphatic heterocycles. The normalized spacial score (nSPS) is 17.6. The fourth-order valence-corrected chi connectivity index (χ4v) is 3.39. The van der Waals surface area contributed by atoms with Gasteiger partial charge in [0.15, 0.2) is 0 Å².